The van der Waals surface area contributed by atoms with Gasteiger partial charge in [-0.05, 0) is 25.2 Å². The molecule has 12 heavy (non-hydrogen) atoms. The molecule has 0 amide bonds. The summed E-state index contributed by atoms with van der Waals surface area (Å²) in [4.78, 5) is 0. The lowest BCUT2D eigenvalue weighted by Gasteiger charge is -2.33. The van der Waals surface area contributed by atoms with Crippen LogP contribution in [0.5, 0.6) is 0 Å². The predicted octanol–water partition coefficient (Wildman–Crippen LogP) is 1.54. The first-order valence-electron chi connectivity index (χ1n) is 5.11. The maximum atomic E-state index is 8.85. The Hall–Kier alpha value is -0.0800. The normalized spacial score (nSPS) is 21.0. The molecule has 1 aliphatic rings. The van der Waals surface area contributed by atoms with Crippen molar-refractivity contribution in [3.05, 3.63) is 0 Å². The van der Waals surface area contributed by atoms with E-state index in [1.54, 1.807) is 0 Å². The highest BCUT2D eigenvalue weighted by Gasteiger charge is 2.22. The van der Waals surface area contributed by atoms with Gasteiger partial charge in [0.05, 0.1) is 0 Å². The van der Waals surface area contributed by atoms with Crippen molar-refractivity contribution in [3.63, 3.8) is 0 Å². The average molecular weight is 171 g/mol. The van der Waals surface area contributed by atoms with Crippen molar-refractivity contribution in [2.45, 2.75) is 51.6 Å². The maximum Gasteiger partial charge on any atom is 0.0445 e. The topological polar surface area (TPSA) is 32.3 Å². The van der Waals surface area contributed by atoms with Gasteiger partial charge in [0, 0.05) is 18.7 Å². The highest BCUT2D eigenvalue weighted by Crippen LogP contribution is 2.20. The van der Waals surface area contributed by atoms with Crippen molar-refractivity contribution >= 4 is 0 Å². The second-order valence-corrected chi connectivity index (χ2v) is 4.16. The molecule has 1 atom stereocenters. The molecule has 1 saturated carbocycles. The molecule has 0 aromatic rings. The molecule has 0 aromatic heterocycles. The van der Waals surface area contributed by atoms with E-state index >= 15 is 0 Å². The third-order valence-corrected chi connectivity index (χ3v) is 2.80. The van der Waals surface area contributed by atoms with Crippen molar-refractivity contribution in [1.82, 2.24) is 5.32 Å². The lowest BCUT2D eigenvalue weighted by Crippen LogP contribution is -2.45. The fraction of sp³-hybridized carbons (Fsp3) is 1.00. The molecule has 1 unspecified atom stereocenters. The number of hydrogen-bond acceptors (Lipinski definition) is 2. The van der Waals surface area contributed by atoms with Gasteiger partial charge in [-0.3, -0.25) is 0 Å². The molecular weight excluding hydrogens is 150 g/mol. The Morgan fingerprint density at radius 2 is 2.08 bits per heavy atom. The van der Waals surface area contributed by atoms with Crippen LogP contribution < -0.4 is 5.32 Å². The SMILES string of the molecule is CC(C)C(CCO)NC1CCC1. The van der Waals surface area contributed by atoms with E-state index in [9.17, 15) is 0 Å². The van der Waals surface area contributed by atoms with E-state index in [4.69, 9.17) is 5.11 Å². The second-order valence-electron chi connectivity index (χ2n) is 4.16. The van der Waals surface area contributed by atoms with Crippen LogP contribution in [0.25, 0.3) is 0 Å². The second kappa shape index (κ2) is 4.83. The summed E-state index contributed by atoms with van der Waals surface area (Å²) in [6, 6.07) is 1.25. The summed E-state index contributed by atoms with van der Waals surface area (Å²) in [6.07, 6.45) is 4.93. The van der Waals surface area contributed by atoms with Crippen LogP contribution in [0.1, 0.15) is 39.5 Å². The van der Waals surface area contributed by atoms with Gasteiger partial charge in [0.25, 0.3) is 0 Å². The van der Waals surface area contributed by atoms with Gasteiger partial charge in [-0.1, -0.05) is 20.3 Å². The largest absolute Gasteiger partial charge is 0.396 e. The molecule has 0 aromatic carbocycles. The van der Waals surface area contributed by atoms with Crippen molar-refractivity contribution in [1.29, 1.82) is 0 Å². The fourth-order valence-corrected chi connectivity index (χ4v) is 1.63. The van der Waals surface area contributed by atoms with E-state index in [2.05, 4.69) is 19.2 Å². The van der Waals surface area contributed by atoms with E-state index < -0.39 is 0 Å². The van der Waals surface area contributed by atoms with Crippen LogP contribution in [-0.4, -0.2) is 23.8 Å². The van der Waals surface area contributed by atoms with Gasteiger partial charge >= 0.3 is 0 Å². The molecule has 0 saturated heterocycles. The molecule has 1 rings (SSSR count). The Morgan fingerprint density at radius 3 is 2.42 bits per heavy atom. The third kappa shape index (κ3) is 2.76. The zero-order valence-corrected chi connectivity index (χ0v) is 8.21. The minimum absolute atomic E-state index is 0.308. The standard InChI is InChI=1S/C10H21NO/c1-8(2)10(6-7-12)11-9-4-3-5-9/h8-12H,3-7H2,1-2H3. The van der Waals surface area contributed by atoms with E-state index in [1.807, 2.05) is 0 Å². The molecular formula is C10H21NO. The van der Waals surface area contributed by atoms with Gasteiger partial charge in [-0.15, -0.1) is 0 Å². The molecule has 0 radical (unpaired) electrons. The van der Waals surface area contributed by atoms with E-state index in [-0.39, 0.29) is 0 Å². The van der Waals surface area contributed by atoms with E-state index in [0.717, 1.165) is 12.5 Å². The average Bonchev–Trinajstić information content (AvgIpc) is 1.93. The van der Waals surface area contributed by atoms with Gasteiger partial charge in [0.2, 0.25) is 0 Å². The van der Waals surface area contributed by atoms with Crippen molar-refractivity contribution < 1.29 is 5.11 Å². The van der Waals surface area contributed by atoms with Crippen LogP contribution in [0, 0.1) is 5.92 Å². The Kier molecular flexibility index (Phi) is 4.02. The molecule has 0 bridgehead atoms. The summed E-state index contributed by atoms with van der Waals surface area (Å²) < 4.78 is 0. The van der Waals surface area contributed by atoms with Gasteiger partial charge in [0.15, 0.2) is 0 Å². The minimum Gasteiger partial charge on any atom is -0.396 e. The van der Waals surface area contributed by atoms with E-state index in [1.165, 1.54) is 19.3 Å². The molecule has 2 nitrogen and oxygen atoms in total. The Balaban J connectivity index is 2.21. The van der Waals surface area contributed by atoms with Gasteiger partial charge in [-0.25, -0.2) is 0 Å². The Morgan fingerprint density at radius 1 is 1.42 bits per heavy atom. The van der Waals surface area contributed by atoms with Crippen LogP contribution in [0.2, 0.25) is 0 Å². The Bertz CT molecular complexity index is 121. The van der Waals surface area contributed by atoms with Crippen molar-refractivity contribution in [3.8, 4) is 0 Å². The number of hydrogen-bond donors (Lipinski definition) is 2. The van der Waals surface area contributed by atoms with Crippen LogP contribution in [0.3, 0.4) is 0 Å². The predicted molar refractivity (Wildman–Crippen MR) is 51.1 cm³/mol. The fourth-order valence-electron chi connectivity index (χ4n) is 1.63. The highest BCUT2D eigenvalue weighted by atomic mass is 16.3. The Labute approximate surface area is 75.4 Å². The molecule has 72 valence electrons. The minimum atomic E-state index is 0.308. The number of rotatable bonds is 5. The summed E-state index contributed by atoms with van der Waals surface area (Å²) >= 11 is 0. The van der Waals surface area contributed by atoms with Gasteiger partial charge in [0.1, 0.15) is 0 Å². The molecule has 1 fully saturated rings. The van der Waals surface area contributed by atoms with Crippen LogP contribution >= 0.6 is 0 Å². The first-order chi connectivity index (χ1) is 5.74. The first-order valence-corrected chi connectivity index (χ1v) is 5.11. The number of aliphatic hydroxyl groups excluding tert-OH is 1. The van der Waals surface area contributed by atoms with Crippen molar-refractivity contribution in [2.75, 3.05) is 6.61 Å². The highest BCUT2D eigenvalue weighted by molar-refractivity contribution is 4.82. The molecule has 0 aliphatic heterocycles. The summed E-state index contributed by atoms with van der Waals surface area (Å²) in [5.41, 5.74) is 0. The lowest BCUT2D eigenvalue weighted by molar-refractivity contribution is 0.212. The molecule has 2 heteroatoms. The maximum absolute atomic E-state index is 8.85. The summed E-state index contributed by atoms with van der Waals surface area (Å²) in [5.74, 6) is 0.637. The molecule has 0 spiro atoms. The van der Waals surface area contributed by atoms with Crippen molar-refractivity contribution in [2.24, 2.45) is 5.92 Å². The van der Waals surface area contributed by atoms with Crippen LogP contribution in [0.4, 0.5) is 0 Å². The monoisotopic (exact) mass is 171 g/mol. The summed E-state index contributed by atoms with van der Waals surface area (Å²) in [5, 5.41) is 12.4. The quantitative estimate of drug-likeness (QED) is 0.657. The smallest absolute Gasteiger partial charge is 0.0445 e. The zero-order valence-electron chi connectivity index (χ0n) is 8.21. The van der Waals surface area contributed by atoms with E-state index in [0.29, 0.717) is 18.6 Å². The summed E-state index contributed by atoms with van der Waals surface area (Å²) in [7, 11) is 0. The molecule has 0 heterocycles. The summed E-state index contributed by atoms with van der Waals surface area (Å²) in [6.45, 7) is 4.74. The zero-order chi connectivity index (χ0) is 8.97. The van der Waals surface area contributed by atoms with Crippen LogP contribution in [-0.2, 0) is 0 Å². The number of nitrogens with one attached hydrogen (secondary N) is 1. The van der Waals surface area contributed by atoms with Crippen LogP contribution in [0.15, 0.2) is 0 Å². The number of aliphatic hydroxyl groups is 1. The van der Waals surface area contributed by atoms with Gasteiger partial charge in [-0.2, -0.15) is 0 Å². The molecule has 1 aliphatic carbocycles. The van der Waals surface area contributed by atoms with Gasteiger partial charge < -0.3 is 10.4 Å². The lowest BCUT2D eigenvalue weighted by atomic mass is 9.90. The third-order valence-electron chi connectivity index (χ3n) is 2.80. The molecule has 2 N–H and O–H groups in total. The first kappa shape index (κ1) is 10.0.